The van der Waals surface area contributed by atoms with Gasteiger partial charge < -0.3 is 5.73 Å². The Balaban J connectivity index is 3.38. The van der Waals surface area contributed by atoms with Gasteiger partial charge >= 0.3 is 0 Å². The summed E-state index contributed by atoms with van der Waals surface area (Å²) in [7, 11) is 0. The van der Waals surface area contributed by atoms with E-state index in [0.717, 1.165) is 0 Å². The van der Waals surface area contributed by atoms with Gasteiger partial charge in [0.25, 0.3) is 6.43 Å². The number of hydrogen-bond donors (Lipinski definition) is 1. The summed E-state index contributed by atoms with van der Waals surface area (Å²) in [6.45, 7) is -0.0607. The fourth-order valence-corrected chi connectivity index (χ4v) is 1.84. The van der Waals surface area contributed by atoms with Crippen LogP contribution >= 0.6 is 22.6 Å². The Morgan fingerprint density at radius 1 is 1.64 bits per heavy atom. The van der Waals surface area contributed by atoms with Crippen LogP contribution in [0, 0.1) is 3.57 Å². The molecule has 0 spiro atoms. The van der Waals surface area contributed by atoms with Crippen molar-refractivity contribution in [2.24, 2.45) is 5.73 Å². The highest BCUT2D eigenvalue weighted by Gasteiger charge is 2.19. The third kappa shape index (κ3) is 2.06. The van der Waals surface area contributed by atoms with E-state index in [4.69, 9.17) is 5.73 Å². The molecule has 0 fully saturated rings. The second kappa shape index (κ2) is 4.74. The van der Waals surface area contributed by atoms with Crippen LogP contribution in [0.4, 0.5) is 8.78 Å². The van der Waals surface area contributed by atoms with Crippen molar-refractivity contribution in [3.8, 4) is 0 Å². The lowest BCUT2D eigenvalue weighted by Crippen LogP contribution is -2.09. The summed E-state index contributed by atoms with van der Waals surface area (Å²) in [5, 5.41) is 0. The maximum absolute atomic E-state index is 12.6. The van der Waals surface area contributed by atoms with Crippen LogP contribution in [0.1, 0.15) is 28.0 Å². The topological polar surface area (TPSA) is 56.0 Å². The molecule has 0 aromatic carbocycles. The lowest BCUT2D eigenvalue weighted by molar-refractivity contribution is 0.112. The maximum Gasteiger partial charge on any atom is 0.266 e. The molecule has 0 bridgehead atoms. The van der Waals surface area contributed by atoms with Crippen molar-refractivity contribution in [2.45, 2.75) is 13.0 Å². The Labute approximate surface area is 92.8 Å². The van der Waals surface area contributed by atoms with E-state index in [9.17, 15) is 13.6 Å². The van der Waals surface area contributed by atoms with Crippen molar-refractivity contribution in [2.75, 3.05) is 0 Å². The second-order valence-corrected chi connectivity index (χ2v) is 3.59. The highest BCUT2D eigenvalue weighted by Crippen LogP contribution is 2.28. The minimum atomic E-state index is -2.66. The Hall–Kier alpha value is -0.630. The Bertz CT molecular complexity index is 357. The monoisotopic (exact) mass is 312 g/mol. The number of rotatable bonds is 3. The molecule has 1 rings (SSSR count). The van der Waals surface area contributed by atoms with E-state index < -0.39 is 6.43 Å². The molecule has 1 heterocycles. The molecule has 2 N–H and O–H groups in total. The Morgan fingerprint density at radius 2 is 2.29 bits per heavy atom. The van der Waals surface area contributed by atoms with Crippen molar-refractivity contribution in [3.05, 3.63) is 26.6 Å². The summed E-state index contributed by atoms with van der Waals surface area (Å²) in [6, 6.07) is 0. The summed E-state index contributed by atoms with van der Waals surface area (Å²) >= 11 is 1.70. The van der Waals surface area contributed by atoms with Crippen LogP contribution in [-0.2, 0) is 6.54 Å². The minimum Gasteiger partial charge on any atom is -0.325 e. The second-order valence-electron chi connectivity index (χ2n) is 2.51. The summed E-state index contributed by atoms with van der Waals surface area (Å²) in [4.78, 5) is 14.2. The van der Waals surface area contributed by atoms with Gasteiger partial charge in [0.05, 0.1) is 11.3 Å². The quantitative estimate of drug-likeness (QED) is 0.685. The molecule has 1 aromatic rings. The fourth-order valence-electron chi connectivity index (χ4n) is 1.02. The molecule has 0 radical (unpaired) electrons. The molecule has 0 atom stereocenters. The van der Waals surface area contributed by atoms with Gasteiger partial charge in [0, 0.05) is 21.9 Å². The van der Waals surface area contributed by atoms with E-state index >= 15 is 0 Å². The number of aromatic nitrogens is 1. The molecule has 0 amide bonds. The van der Waals surface area contributed by atoms with Gasteiger partial charge in [-0.25, -0.2) is 8.78 Å². The SMILES string of the molecule is NCc1ncc(C=O)c(I)c1C(F)F. The van der Waals surface area contributed by atoms with E-state index in [1.165, 1.54) is 6.20 Å². The molecule has 1 aromatic heterocycles. The molecule has 0 aliphatic carbocycles. The highest BCUT2D eigenvalue weighted by molar-refractivity contribution is 14.1. The van der Waals surface area contributed by atoms with Crippen molar-refractivity contribution >= 4 is 28.9 Å². The van der Waals surface area contributed by atoms with Gasteiger partial charge in [-0.15, -0.1) is 0 Å². The van der Waals surface area contributed by atoms with Crippen molar-refractivity contribution in [3.63, 3.8) is 0 Å². The van der Waals surface area contributed by atoms with E-state index in [1.807, 2.05) is 0 Å². The smallest absolute Gasteiger partial charge is 0.266 e. The number of pyridine rings is 1. The maximum atomic E-state index is 12.6. The number of nitrogens with zero attached hydrogens (tertiary/aromatic N) is 1. The zero-order valence-electron chi connectivity index (χ0n) is 7.01. The summed E-state index contributed by atoms with van der Waals surface area (Å²) < 4.78 is 25.4. The molecule has 6 heteroatoms. The van der Waals surface area contributed by atoms with Crippen LogP contribution < -0.4 is 5.73 Å². The number of aldehydes is 1. The first-order chi connectivity index (χ1) is 6.61. The van der Waals surface area contributed by atoms with Gasteiger partial charge in [-0.2, -0.15) is 0 Å². The summed E-state index contributed by atoms with van der Waals surface area (Å²) in [5.74, 6) is 0. The summed E-state index contributed by atoms with van der Waals surface area (Å²) in [5.41, 5.74) is 5.32. The van der Waals surface area contributed by atoms with E-state index in [0.29, 0.717) is 6.29 Å². The third-order valence-electron chi connectivity index (χ3n) is 1.70. The first kappa shape index (κ1) is 11.4. The average Bonchev–Trinajstić information content (AvgIpc) is 2.16. The number of carbonyl (C=O) groups is 1. The number of hydrogen-bond acceptors (Lipinski definition) is 3. The number of halogens is 3. The standard InChI is InChI=1S/C8H7F2IN2O/c9-8(10)6-5(1-12)13-2-4(3-14)7(6)11/h2-3,8H,1,12H2. The van der Waals surface area contributed by atoms with E-state index in [2.05, 4.69) is 4.98 Å². The van der Waals surface area contributed by atoms with Gasteiger partial charge in [-0.3, -0.25) is 9.78 Å². The summed E-state index contributed by atoms with van der Waals surface area (Å²) in [6.07, 6.45) is -0.906. The molecule has 0 unspecified atom stereocenters. The molecule has 14 heavy (non-hydrogen) atoms. The molecule has 0 saturated heterocycles. The normalized spacial score (nSPS) is 10.6. The first-order valence-corrected chi connectivity index (χ1v) is 4.80. The highest BCUT2D eigenvalue weighted by atomic mass is 127. The predicted molar refractivity (Wildman–Crippen MR) is 55.2 cm³/mol. The van der Waals surface area contributed by atoms with Crippen molar-refractivity contribution in [1.82, 2.24) is 4.98 Å². The number of nitrogens with two attached hydrogens (primary N) is 1. The van der Waals surface area contributed by atoms with E-state index in [-0.39, 0.29) is 26.9 Å². The third-order valence-corrected chi connectivity index (χ3v) is 2.90. The number of alkyl halides is 2. The van der Waals surface area contributed by atoms with Gasteiger partial charge in [0.2, 0.25) is 0 Å². The molecule has 0 saturated carbocycles. The average molecular weight is 312 g/mol. The zero-order valence-corrected chi connectivity index (χ0v) is 9.16. The van der Waals surface area contributed by atoms with Crippen molar-refractivity contribution < 1.29 is 13.6 Å². The lowest BCUT2D eigenvalue weighted by atomic mass is 10.1. The fraction of sp³-hybridized carbons (Fsp3) is 0.250. The van der Waals surface area contributed by atoms with Crippen LogP contribution in [-0.4, -0.2) is 11.3 Å². The Morgan fingerprint density at radius 3 is 2.71 bits per heavy atom. The van der Waals surface area contributed by atoms with Crippen LogP contribution in [0.25, 0.3) is 0 Å². The molecular formula is C8H7F2IN2O. The first-order valence-electron chi connectivity index (χ1n) is 3.72. The largest absolute Gasteiger partial charge is 0.325 e. The molecule has 76 valence electrons. The van der Waals surface area contributed by atoms with Gasteiger partial charge in [0.1, 0.15) is 0 Å². The van der Waals surface area contributed by atoms with Crippen LogP contribution in [0.2, 0.25) is 0 Å². The molecular weight excluding hydrogens is 305 g/mol. The Kier molecular flexibility index (Phi) is 3.87. The molecule has 0 aliphatic heterocycles. The van der Waals surface area contributed by atoms with Crippen LogP contribution in [0.5, 0.6) is 0 Å². The molecule has 0 aliphatic rings. The lowest BCUT2D eigenvalue weighted by Gasteiger charge is -2.09. The van der Waals surface area contributed by atoms with Crippen molar-refractivity contribution in [1.29, 1.82) is 0 Å². The number of carbonyl (C=O) groups excluding carboxylic acids is 1. The van der Waals surface area contributed by atoms with Crippen LogP contribution in [0.15, 0.2) is 6.20 Å². The van der Waals surface area contributed by atoms with Gasteiger partial charge in [-0.05, 0) is 22.6 Å². The van der Waals surface area contributed by atoms with E-state index in [1.54, 1.807) is 22.6 Å². The minimum absolute atomic E-state index is 0.0607. The zero-order chi connectivity index (χ0) is 10.7. The molecule has 3 nitrogen and oxygen atoms in total. The van der Waals surface area contributed by atoms with Gasteiger partial charge in [-0.1, -0.05) is 0 Å². The van der Waals surface area contributed by atoms with Crippen LogP contribution in [0.3, 0.4) is 0 Å². The van der Waals surface area contributed by atoms with Gasteiger partial charge in [0.15, 0.2) is 6.29 Å². The predicted octanol–water partition coefficient (Wildman–Crippen LogP) is 1.89.